The molecule has 138 valence electrons. The van der Waals surface area contributed by atoms with Crippen LogP contribution in [-0.2, 0) is 17.4 Å². The zero-order valence-corrected chi connectivity index (χ0v) is 14.2. The third-order valence-corrected chi connectivity index (χ3v) is 4.85. The molecule has 1 aliphatic rings. The minimum Gasteiger partial charge on any atom is -0.508 e. The van der Waals surface area contributed by atoms with E-state index in [4.69, 9.17) is 0 Å². The van der Waals surface area contributed by atoms with Gasteiger partial charge in [0.25, 0.3) is 0 Å². The van der Waals surface area contributed by atoms with Gasteiger partial charge in [0.05, 0.1) is 12.0 Å². The standard InChI is InChI=1S/C20H20F3NO2/c21-20(22,23)17-5-1-14(2-6-17)13-19(26)24-11-9-16(10-12-24)15-3-7-18(25)8-4-15/h1-8,16,25H,9-13H2. The molecule has 1 heterocycles. The van der Waals surface area contributed by atoms with E-state index in [1.54, 1.807) is 17.0 Å². The lowest BCUT2D eigenvalue weighted by atomic mass is 9.89. The van der Waals surface area contributed by atoms with Crippen molar-refractivity contribution < 1.29 is 23.1 Å². The number of hydrogen-bond acceptors (Lipinski definition) is 2. The molecule has 3 rings (SSSR count). The minimum absolute atomic E-state index is 0.0612. The Labute approximate surface area is 150 Å². The molecule has 0 atom stereocenters. The molecular formula is C20H20F3NO2. The van der Waals surface area contributed by atoms with Gasteiger partial charge in [-0.3, -0.25) is 4.79 Å². The Morgan fingerprint density at radius 2 is 1.58 bits per heavy atom. The van der Waals surface area contributed by atoms with Crippen molar-refractivity contribution in [2.24, 2.45) is 0 Å². The average molecular weight is 363 g/mol. The highest BCUT2D eigenvalue weighted by atomic mass is 19.4. The Balaban J connectivity index is 1.54. The van der Waals surface area contributed by atoms with Gasteiger partial charge in [-0.2, -0.15) is 13.2 Å². The number of piperidine rings is 1. The number of alkyl halides is 3. The van der Waals surface area contributed by atoms with Gasteiger partial charge in [0, 0.05) is 13.1 Å². The number of rotatable bonds is 3. The molecule has 0 aromatic heterocycles. The molecule has 3 nitrogen and oxygen atoms in total. The predicted octanol–water partition coefficient (Wildman–Crippen LogP) is 4.36. The van der Waals surface area contributed by atoms with E-state index in [-0.39, 0.29) is 18.1 Å². The lowest BCUT2D eigenvalue weighted by Gasteiger charge is -2.32. The fourth-order valence-corrected chi connectivity index (χ4v) is 3.31. The number of phenolic OH excluding ortho intramolecular Hbond substituents is 1. The van der Waals surface area contributed by atoms with Crippen molar-refractivity contribution >= 4 is 5.91 Å². The average Bonchev–Trinajstić information content (AvgIpc) is 2.62. The minimum atomic E-state index is -4.36. The van der Waals surface area contributed by atoms with Crippen LogP contribution in [0.25, 0.3) is 0 Å². The number of phenols is 1. The first-order valence-electron chi connectivity index (χ1n) is 8.56. The van der Waals surface area contributed by atoms with Crippen molar-refractivity contribution in [3.8, 4) is 5.75 Å². The number of carbonyl (C=O) groups excluding carboxylic acids is 1. The van der Waals surface area contributed by atoms with Crippen LogP contribution in [0.3, 0.4) is 0 Å². The van der Waals surface area contributed by atoms with E-state index in [0.29, 0.717) is 24.6 Å². The van der Waals surface area contributed by atoms with Crippen LogP contribution in [0.1, 0.15) is 35.4 Å². The van der Waals surface area contributed by atoms with Gasteiger partial charge in [-0.25, -0.2) is 0 Å². The number of carbonyl (C=O) groups is 1. The molecule has 0 aliphatic carbocycles. The van der Waals surface area contributed by atoms with Gasteiger partial charge in [0.15, 0.2) is 0 Å². The van der Waals surface area contributed by atoms with E-state index in [1.165, 1.54) is 12.1 Å². The van der Waals surface area contributed by atoms with Crippen LogP contribution in [-0.4, -0.2) is 29.0 Å². The van der Waals surface area contributed by atoms with Crippen molar-refractivity contribution in [1.29, 1.82) is 0 Å². The molecule has 1 saturated heterocycles. The maximum atomic E-state index is 12.6. The Hall–Kier alpha value is -2.50. The summed E-state index contributed by atoms with van der Waals surface area (Å²) < 4.78 is 37.7. The molecule has 0 radical (unpaired) electrons. The quantitative estimate of drug-likeness (QED) is 0.880. The van der Waals surface area contributed by atoms with Crippen molar-refractivity contribution in [1.82, 2.24) is 4.90 Å². The fourth-order valence-electron chi connectivity index (χ4n) is 3.31. The molecule has 1 fully saturated rings. The summed E-state index contributed by atoms with van der Waals surface area (Å²) in [5.41, 5.74) is 1.03. The van der Waals surface area contributed by atoms with Gasteiger partial charge in [-0.15, -0.1) is 0 Å². The summed E-state index contributed by atoms with van der Waals surface area (Å²) >= 11 is 0. The number of hydrogen-bond donors (Lipinski definition) is 1. The maximum absolute atomic E-state index is 12.6. The summed E-state index contributed by atoms with van der Waals surface area (Å²) in [5, 5.41) is 9.36. The molecule has 1 aliphatic heterocycles. The van der Waals surface area contributed by atoms with Crippen molar-refractivity contribution in [2.75, 3.05) is 13.1 Å². The number of nitrogens with zero attached hydrogens (tertiary/aromatic N) is 1. The van der Waals surface area contributed by atoms with Crippen LogP contribution >= 0.6 is 0 Å². The smallest absolute Gasteiger partial charge is 0.416 e. The molecule has 1 amide bonds. The molecule has 2 aromatic carbocycles. The number of likely N-dealkylation sites (tertiary alicyclic amines) is 1. The van der Waals surface area contributed by atoms with E-state index < -0.39 is 11.7 Å². The van der Waals surface area contributed by atoms with E-state index in [0.717, 1.165) is 30.5 Å². The van der Waals surface area contributed by atoms with Crippen LogP contribution in [0.2, 0.25) is 0 Å². The van der Waals surface area contributed by atoms with Gasteiger partial charge in [-0.05, 0) is 54.2 Å². The van der Waals surface area contributed by atoms with E-state index in [1.807, 2.05) is 12.1 Å². The van der Waals surface area contributed by atoms with Crippen LogP contribution in [0.4, 0.5) is 13.2 Å². The third kappa shape index (κ3) is 4.36. The first-order chi connectivity index (χ1) is 12.3. The Morgan fingerprint density at radius 3 is 2.12 bits per heavy atom. The van der Waals surface area contributed by atoms with Crippen LogP contribution < -0.4 is 0 Å². The summed E-state index contributed by atoms with van der Waals surface area (Å²) in [7, 11) is 0. The largest absolute Gasteiger partial charge is 0.508 e. The Morgan fingerprint density at radius 1 is 1.00 bits per heavy atom. The van der Waals surface area contributed by atoms with Crippen LogP contribution in [0.5, 0.6) is 5.75 Å². The number of halogens is 3. The highest BCUT2D eigenvalue weighted by Crippen LogP contribution is 2.30. The topological polar surface area (TPSA) is 40.5 Å². The van der Waals surface area contributed by atoms with Gasteiger partial charge in [0.2, 0.25) is 5.91 Å². The summed E-state index contributed by atoms with van der Waals surface area (Å²) in [5.74, 6) is 0.525. The summed E-state index contributed by atoms with van der Waals surface area (Å²) in [6.45, 7) is 1.26. The van der Waals surface area contributed by atoms with Gasteiger partial charge in [-0.1, -0.05) is 24.3 Å². The monoisotopic (exact) mass is 363 g/mol. The number of aromatic hydroxyl groups is 1. The molecule has 6 heteroatoms. The molecule has 2 aromatic rings. The lowest BCUT2D eigenvalue weighted by molar-refractivity contribution is -0.137. The summed E-state index contributed by atoms with van der Waals surface area (Å²) in [6, 6.07) is 11.9. The molecule has 1 N–H and O–H groups in total. The second-order valence-electron chi connectivity index (χ2n) is 6.62. The molecule has 0 spiro atoms. The summed E-state index contributed by atoms with van der Waals surface area (Å²) in [4.78, 5) is 14.2. The second kappa shape index (κ2) is 7.40. The highest BCUT2D eigenvalue weighted by molar-refractivity contribution is 5.78. The van der Waals surface area contributed by atoms with Crippen molar-refractivity contribution in [3.05, 3.63) is 65.2 Å². The highest BCUT2D eigenvalue weighted by Gasteiger charge is 2.30. The summed E-state index contributed by atoms with van der Waals surface area (Å²) in [6.07, 6.45) is -2.58. The van der Waals surface area contributed by atoms with Gasteiger partial charge < -0.3 is 10.0 Å². The SMILES string of the molecule is O=C(Cc1ccc(C(F)(F)F)cc1)N1CCC(c2ccc(O)cc2)CC1. The number of benzene rings is 2. The van der Waals surface area contributed by atoms with Crippen LogP contribution in [0.15, 0.2) is 48.5 Å². The van der Waals surface area contributed by atoms with Gasteiger partial charge in [0.1, 0.15) is 5.75 Å². The van der Waals surface area contributed by atoms with E-state index in [2.05, 4.69) is 0 Å². The third-order valence-electron chi connectivity index (χ3n) is 4.85. The lowest BCUT2D eigenvalue weighted by Crippen LogP contribution is -2.38. The second-order valence-corrected chi connectivity index (χ2v) is 6.62. The van der Waals surface area contributed by atoms with Crippen LogP contribution in [0, 0.1) is 0 Å². The molecule has 0 unspecified atom stereocenters. The normalized spacial score (nSPS) is 15.9. The van der Waals surface area contributed by atoms with Crippen molar-refractivity contribution in [3.63, 3.8) is 0 Å². The fraction of sp³-hybridized carbons (Fsp3) is 0.350. The molecule has 0 saturated carbocycles. The Kier molecular flexibility index (Phi) is 5.20. The van der Waals surface area contributed by atoms with E-state index >= 15 is 0 Å². The van der Waals surface area contributed by atoms with Crippen molar-refractivity contribution in [2.45, 2.75) is 31.4 Å². The van der Waals surface area contributed by atoms with Gasteiger partial charge >= 0.3 is 6.18 Å². The molecule has 26 heavy (non-hydrogen) atoms. The predicted molar refractivity (Wildman–Crippen MR) is 91.8 cm³/mol. The zero-order chi connectivity index (χ0) is 18.7. The molecule has 0 bridgehead atoms. The molecular weight excluding hydrogens is 343 g/mol. The van der Waals surface area contributed by atoms with E-state index in [9.17, 15) is 23.1 Å². The first-order valence-corrected chi connectivity index (χ1v) is 8.56. The first kappa shape index (κ1) is 18.3. The Bertz CT molecular complexity index is 746. The zero-order valence-electron chi connectivity index (χ0n) is 14.2. The number of amides is 1. The maximum Gasteiger partial charge on any atom is 0.416 e.